The smallest absolute Gasteiger partial charge is 0.215 e. The Labute approximate surface area is 125 Å². The average molecular weight is 316 g/mol. The lowest BCUT2D eigenvalue weighted by Gasteiger charge is -2.07. The van der Waals surface area contributed by atoms with Crippen LogP contribution in [0.25, 0.3) is 0 Å². The zero-order chi connectivity index (χ0) is 15.0. The van der Waals surface area contributed by atoms with Crippen molar-refractivity contribution >= 4 is 27.2 Å². The van der Waals surface area contributed by atoms with Gasteiger partial charge in [0.05, 0.1) is 5.75 Å². The lowest BCUT2D eigenvalue weighted by atomic mass is 10.1. The number of rotatable bonds is 9. The number of hydrogen-bond donors (Lipinski definition) is 2. The van der Waals surface area contributed by atoms with E-state index in [1.165, 1.54) is 0 Å². The molecule has 1 aromatic carbocycles. The summed E-state index contributed by atoms with van der Waals surface area (Å²) in [5.41, 5.74) is 6.91. The Morgan fingerprint density at radius 2 is 2.00 bits per heavy atom. The van der Waals surface area contributed by atoms with Crippen LogP contribution in [0.2, 0.25) is 0 Å². The van der Waals surface area contributed by atoms with Gasteiger partial charge in [-0.15, -0.1) is 0 Å². The van der Waals surface area contributed by atoms with Gasteiger partial charge in [0.15, 0.2) is 0 Å². The summed E-state index contributed by atoms with van der Waals surface area (Å²) in [6, 6.07) is 6.88. The maximum absolute atomic E-state index is 11.8. The molecule has 7 heteroatoms. The third-order valence-corrected chi connectivity index (χ3v) is 4.18. The zero-order valence-corrected chi connectivity index (χ0v) is 13.1. The molecule has 0 aromatic heterocycles. The van der Waals surface area contributed by atoms with Crippen molar-refractivity contribution < 1.29 is 13.2 Å². The molecule has 5 nitrogen and oxygen atoms in total. The SMILES string of the molecule is CCOCCCNS(=O)(=O)Cc1ccc(C(N)=S)cc1. The highest BCUT2D eigenvalue weighted by molar-refractivity contribution is 7.88. The summed E-state index contributed by atoms with van der Waals surface area (Å²) in [4.78, 5) is 0.299. The molecule has 0 aliphatic rings. The first kappa shape index (κ1) is 17.0. The highest BCUT2D eigenvalue weighted by atomic mass is 32.2. The molecule has 1 aromatic rings. The fourth-order valence-electron chi connectivity index (χ4n) is 1.58. The van der Waals surface area contributed by atoms with E-state index in [0.29, 0.717) is 36.7 Å². The van der Waals surface area contributed by atoms with Gasteiger partial charge in [0.1, 0.15) is 4.99 Å². The summed E-state index contributed by atoms with van der Waals surface area (Å²) in [7, 11) is -3.32. The van der Waals surface area contributed by atoms with Crippen molar-refractivity contribution in [2.45, 2.75) is 19.1 Å². The van der Waals surface area contributed by atoms with Crippen LogP contribution < -0.4 is 10.5 Å². The number of nitrogens with two attached hydrogens (primary N) is 1. The van der Waals surface area contributed by atoms with Crippen molar-refractivity contribution in [3.8, 4) is 0 Å². The first-order valence-corrected chi connectivity index (χ1v) is 8.44. The highest BCUT2D eigenvalue weighted by Crippen LogP contribution is 2.08. The van der Waals surface area contributed by atoms with Crippen LogP contribution in [0.3, 0.4) is 0 Å². The number of nitrogens with one attached hydrogen (secondary N) is 1. The summed E-state index contributed by atoms with van der Waals surface area (Å²) in [5, 5.41) is 0. The van der Waals surface area contributed by atoms with Gasteiger partial charge in [-0.25, -0.2) is 13.1 Å². The molecule has 0 aliphatic heterocycles. The first-order chi connectivity index (χ1) is 9.44. The van der Waals surface area contributed by atoms with Gasteiger partial charge in [-0.3, -0.25) is 0 Å². The van der Waals surface area contributed by atoms with Gasteiger partial charge in [-0.05, 0) is 18.9 Å². The minimum atomic E-state index is -3.32. The largest absolute Gasteiger partial charge is 0.389 e. The molecule has 3 N–H and O–H groups in total. The molecule has 0 spiro atoms. The van der Waals surface area contributed by atoms with Crippen LogP contribution >= 0.6 is 12.2 Å². The second-order valence-corrected chi connectivity index (χ2v) is 6.51. The molecular weight excluding hydrogens is 296 g/mol. The van der Waals surface area contributed by atoms with Crippen LogP contribution in [0.1, 0.15) is 24.5 Å². The van der Waals surface area contributed by atoms with Crippen molar-refractivity contribution in [3.63, 3.8) is 0 Å². The topological polar surface area (TPSA) is 81.4 Å². The van der Waals surface area contributed by atoms with Crippen LogP contribution in [0.4, 0.5) is 0 Å². The van der Waals surface area contributed by atoms with Crippen molar-refractivity contribution in [2.75, 3.05) is 19.8 Å². The van der Waals surface area contributed by atoms with Crippen molar-refractivity contribution in [1.82, 2.24) is 4.72 Å². The normalized spacial score (nSPS) is 11.4. The second kappa shape index (κ2) is 8.31. The maximum atomic E-state index is 11.8. The van der Waals surface area contributed by atoms with E-state index in [4.69, 9.17) is 22.7 Å². The molecule has 0 atom stereocenters. The fraction of sp³-hybridized carbons (Fsp3) is 0.462. The highest BCUT2D eigenvalue weighted by Gasteiger charge is 2.10. The molecule has 0 radical (unpaired) electrons. The van der Waals surface area contributed by atoms with E-state index in [1.54, 1.807) is 24.3 Å². The van der Waals surface area contributed by atoms with Gasteiger partial charge >= 0.3 is 0 Å². The molecule has 0 heterocycles. The Morgan fingerprint density at radius 3 is 2.55 bits per heavy atom. The van der Waals surface area contributed by atoms with Gasteiger partial charge < -0.3 is 10.5 Å². The van der Waals surface area contributed by atoms with Crippen molar-refractivity contribution in [1.29, 1.82) is 0 Å². The van der Waals surface area contributed by atoms with Gasteiger partial charge in [-0.2, -0.15) is 0 Å². The zero-order valence-electron chi connectivity index (χ0n) is 11.5. The summed E-state index contributed by atoms with van der Waals surface area (Å²) in [5.74, 6) is -0.0563. The minimum Gasteiger partial charge on any atom is -0.389 e. The summed E-state index contributed by atoms with van der Waals surface area (Å²) >= 11 is 4.84. The summed E-state index contributed by atoms with van der Waals surface area (Å²) in [6.07, 6.45) is 0.660. The fourth-order valence-corrected chi connectivity index (χ4v) is 2.91. The molecule has 112 valence electrons. The van der Waals surface area contributed by atoms with Gasteiger partial charge in [0, 0.05) is 25.3 Å². The van der Waals surface area contributed by atoms with Crippen LogP contribution in [-0.2, 0) is 20.5 Å². The Morgan fingerprint density at radius 1 is 1.35 bits per heavy atom. The van der Waals surface area contributed by atoms with E-state index in [0.717, 1.165) is 5.56 Å². The minimum absolute atomic E-state index is 0.0563. The van der Waals surface area contributed by atoms with E-state index in [2.05, 4.69) is 4.72 Å². The number of ether oxygens (including phenoxy) is 1. The van der Waals surface area contributed by atoms with E-state index in [-0.39, 0.29) is 5.75 Å². The average Bonchev–Trinajstić information content (AvgIpc) is 2.38. The molecule has 1 rings (SSSR count). The molecular formula is C13H20N2O3S2. The molecule has 0 saturated carbocycles. The third-order valence-electron chi connectivity index (χ3n) is 2.59. The molecule has 0 fully saturated rings. The van der Waals surface area contributed by atoms with Crippen LogP contribution in [-0.4, -0.2) is 33.2 Å². The Hall–Kier alpha value is -1.02. The Balaban J connectivity index is 2.47. The first-order valence-electron chi connectivity index (χ1n) is 6.38. The number of benzene rings is 1. The molecule has 0 saturated heterocycles. The van der Waals surface area contributed by atoms with Crippen LogP contribution in [0.15, 0.2) is 24.3 Å². The van der Waals surface area contributed by atoms with Gasteiger partial charge in [-0.1, -0.05) is 36.5 Å². The van der Waals surface area contributed by atoms with Gasteiger partial charge in [0.25, 0.3) is 0 Å². The van der Waals surface area contributed by atoms with Crippen LogP contribution in [0, 0.1) is 0 Å². The lowest BCUT2D eigenvalue weighted by molar-refractivity contribution is 0.146. The number of thiocarbonyl (C=S) groups is 1. The predicted molar refractivity (Wildman–Crippen MR) is 84.1 cm³/mol. The lowest BCUT2D eigenvalue weighted by Crippen LogP contribution is -2.27. The van der Waals surface area contributed by atoms with Gasteiger partial charge in [0.2, 0.25) is 10.0 Å². The number of hydrogen-bond acceptors (Lipinski definition) is 4. The van der Waals surface area contributed by atoms with E-state index >= 15 is 0 Å². The molecule has 20 heavy (non-hydrogen) atoms. The second-order valence-electron chi connectivity index (χ2n) is 4.27. The Bertz CT molecular complexity index is 527. The van der Waals surface area contributed by atoms with Crippen molar-refractivity contribution in [3.05, 3.63) is 35.4 Å². The summed E-state index contributed by atoms with van der Waals surface area (Å²) < 4.78 is 31.4. The van der Waals surface area contributed by atoms with E-state index < -0.39 is 10.0 Å². The Kier molecular flexibility index (Phi) is 7.08. The van der Waals surface area contributed by atoms with Crippen LogP contribution in [0.5, 0.6) is 0 Å². The molecule has 0 aliphatic carbocycles. The summed E-state index contributed by atoms with van der Waals surface area (Å²) in [6.45, 7) is 3.48. The maximum Gasteiger partial charge on any atom is 0.215 e. The standard InChI is InChI=1S/C13H20N2O3S2/c1-2-18-9-3-8-15-20(16,17)10-11-4-6-12(7-5-11)13(14)19/h4-7,15H,2-3,8-10H2,1H3,(H2,14,19). The monoisotopic (exact) mass is 316 g/mol. The quantitative estimate of drug-likeness (QED) is 0.528. The molecule has 0 unspecified atom stereocenters. The van der Waals surface area contributed by atoms with E-state index in [1.807, 2.05) is 6.92 Å². The predicted octanol–water partition coefficient (Wildman–Crippen LogP) is 1.17. The molecule has 0 amide bonds. The van der Waals surface area contributed by atoms with Crippen molar-refractivity contribution in [2.24, 2.45) is 5.73 Å². The third kappa shape index (κ3) is 6.42. The van der Waals surface area contributed by atoms with E-state index in [9.17, 15) is 8.42 Å². The number of sulfonamides is 1. The molecule has 0 bridgehead atoms.